The summed E-state index contributed by atoms with van der Waals surface area (Å²) in [6.07, 6.45) is 3.87. The summed E-state index contributed by atoms with van der Waals surface area (Å²) in [4.78, 5) is 0. The summed E-state index contributed by atoms with van der Waals surface area (Å²) in [5.74, 6) is -0.829. The van der Waals surface area contributed by atoms with Gasteiger partial charge in [0.05, 0.1) is 0 Å². The van der Waals surface area contributed by atoms with Gasteiger partial charge in [0, 0.05) is 0 Å². The molecule has 4 heteroatoms. The Bertz CT molecular complexity index is 1450. The molecule has 0 saturated heterocycles. The van der Waals surface area contributed by atoms with E-state index in [4.69, 9.17) is 0 Å². The largest absolute Gasteiger partial charge is 1.00 e. The maximum atomic E-state index is 2.74. The number of halogens is 2. The minimum Gasteiger partial charge on any atom is -1.00 e. The second kappa shape index (κ2) is 11.9. The molecule has 0 saturated carbocycles. The molecule has 5 rings (SSSR count). The maximum absolute atomic E-state index is 2.74. The maximum Gasteiger partial charge on any atom is -1.00 e. The summed E-state index contributed by atoms with van der Waals surface area (Å²) < 4.78 is 1.48. The third kappa shape index (κ3) is 5.63. The van der Waals surface area contributed by atoms with Crippen LogP contribution in [0.4, 0.5) is 0 Å². The van der Waals surface area contributed by atoms with Crippen LogP contribution in [0.5, 0.6) is 0 Å². The van der Waals surface area contributed by atoms with Crippen LogP contribution >= 0.6 is 0 Å². The van der Waals surface area contributed by atoms with Gasteiger partial charge in [-0.25, -0.2) is 0 Å². The Morgan fingerprint density at radius 3 is 1.79 bits per heavy atom. The molecule has 0 fully saturated rings. The first-order chi connectivity index (χ1) is 18.4. The Morgan fingerprint density at radius 1 is 0.786 bits per heavy atom. The first kappa shape index (κ1) is 35.8. The third-order valence-corrected chi connectivity index (χ3v) is 33.2. The first-order valence-electron chi connectivity index (χ1n) is 15.6. The Morgan fingerprint density at radius 2 is 1.31 bits per heavy atom. The van der Waals surface area contributed by atoms with Crippen molar-refractivity contribution in [2.45, 2.75) is 126 Å². The molecular weight excluding hydrogens is 647 g/mol. The fraction of sp³-hybridized carbons (Fsp3) is 0.526. The van der Waals surface area contributed by atoms with Crippen molar-refractivity contribution in [1.82, 2.24) is 0 Å². The topological polar surface area (TPSA) is 0 Å². The molecule has 3 aliphatic carbocycles. The van der Waals surface area contributed by atoms with Crippen molar-refractivity contribution in [3.05, 3.63) is 86.0 Å². The first-order valence-corrected chi connectivity index (χ1v) is 25.6. The number of hydrogen-bond donors (Lipinski definition) is 0. The van der Waals surface area contributed by atoms with Crippen molar-refractivity contribution >= 4 is 12.0 Å². The molecule has 42 heavy (non-hydrogen) atoms. The van der Waals surface area contributed by atoms with E-state index in [1.165, 1.54) is 17.5 Å². The Kier molecular flexibility index (Phi) is 10.2. The summed E-state index contributed by atoms with van der Waals surface area (Å²) in [5, 5.41) is 0. The van der Waals surface area contributed by atoms with Gasteiger partial charge >= 0.3 is 256 Å². The molecule has 1 unspecified atom stereocenters. The normalized spacial score (nSPS) is 20.8. The summed E-state index contributed by atoms with van der Waals surface area (Å²) in [7, 11) is 0. The van der Waals surface area contributed by atoms with Crippen LogP contribution in [0.25, 0.3) is 17.2 Å². The number of rotatable bonds is 4. The van der Waals surface area contributed by atoms with Crippen LogP contribution < -0.4 is 24.8 Å². The van der Waals surface area contributed by atoms with Gasteiger partial charge in [0.1, 0.15) is 0 Å². The molecule has 0 bridgehead atoms. The van der Waals surface area contributed by atoms with Crippen molar-refractivity contribution in [2.24, 2.45) is 0 Å². The van der Waals surface area contributed by atoms with Gasteiger partial charge in [-0.05, 0) is 0 Å². The zero-order valence-corrected chi connectivity index (χ0v) is 33.8. The van der Waals surface area contributed by atoms with Gasteiger partial charge in [-0.3, -0.25) is 0 Å². The number of benzene rings is 2. The van der Waals surface area contributed by atoms with E-state index in [1.807, 2.05) is 0 Å². The average molecular weight is 700 g/mol. The summed E-state index contributed by atoms with van der Waals surface area (Å²) >= 11 is -1.98. The molecule has 1 atom stereocenters. The van der Waals surface area contributed by atoms with E-state index in [0.29, 0.717) is 3.63 Å². The summed E-state index contributed by atoms with van der Waals surface area (Å²) in [6, 6.07) is 12.4. The van der Waals surface area contributed by atoms with Crippen LogP contribution in [0.1, 0.15) is 121 Å². The predicted octanol–water partition coefficient (Wildman–Crippen LogP) is 5.15. The Balaban J connectivity index is 0.00000242. The van der Waals surface area contributed by atoms with Gasteiger partial charge < -0.3 is 24.8 Å². The molecule has 2 aromatic carbocycles. The second-order valence-electron chi connectivity index (χ2n) is 16.0. The molecule has 0 N–H and O–H groups in total. The van der Waals surface area contributed by atoms with Gasteiger partial charge in [-0.1, -0.05) is 0 Å². The average Bonchev–Trinajstić information content (AvgIpc) is 3.33. The smallest absolute Gasteiger partial charge is 1.00 e. The Hall–Kier alpha value is -0.660. The number of allylic oxidation sites excluding steroid dienone is 5. The van der Waals surface area contributed by atoms with Gasteiger partial charge in [-0.2, -0.15) is 0 Å². The van der Waals surface area contributed by atoms with Crippen LogP contribution in [-0.2, 0) is 37.2 Å². The van der Waals surface area contributed by atoms with E-state index in [9.17, 15) is 0 Å². The van der Waals surface area contributed by atoms with Crippen LogP contribution in [-0.4, -0.2) is 5.92 Å². The van der Waals surface area contributed by atoms with Gasteiger partial charge in [0.15, 0.2) is 0 Å². The van der Waals surface area contributed by atoms with E-state index < -0.39 is 26.8 Å². The van der Waals surface area contributed by atoms with E-state index in [-0.39, 0.29) is 41.1 Å². The molecule has 0 radical (unpaired) electrons. The van der Waals surface area contributed by atoms with Crippen LogP contribution in [0.2, 0.25) is 16.7 Å². The van der Waals surface area contributed by atoms with Crippen LogP contribution in [0.15, 0.2) is 58.2 Å². The zero-order chi connectivity index (χ0) is 29.7. The van der Waals surface area contributed by atoms with Crippen molar-refractivity contribution in [3.8, 4) is 11.1 Å². The van der Waals surface area contributed by atoms with Crippen molar-refractivity contribution in [2.75, 3.05) is 0 Å². The van der Waals surface area contributed by atoms with Gasteiger partial charge in [0.2, 0.25) is 0 Å². The second-order valence-corrected chi connectivity index (χ2v) is 36.0. The zero-order valence-electron chi connectivity index (χ0n) is 28.7. The molecule has 0 nitrogen and oxygen atoms in total. The minimum absolute atomic E-state index is 0. The predicted molar refractivity (Wildman–Crippen MR) is 177 cm³/mol. The van der Waals surface area contributed by atoms with Crippen molar-refractivity contribution in [3.63, 3.8) is 0 Å². The van der Waals surface area contributed by atoms with E-state index in [0.717, 1.165) is 3.63 Å². The molecule has 0 spiro atoms. The van der Waals surface area contributed by atoms with E-state index in [1.54, 1.807) is 55.7 Å². The monoisotopic (exact) mass is 697 g/mol. The molecule has 0 amide bonds. The standard InChI is InChI=1S/C27H33.C9H13.C2H7Si.2ClH.Zr/c1-17-13-19-15-22-24(27(7,8)16-26(22,5)6)23(21(19)14-17)18-9-11-20(12-10-18)25(2,3)4;1-6-5-7(2)9(4)8(6)3;1-3-2;;;/h9-15H,16H2,1-8H3;5H,1-4H3;3H,1-2H3;2*1H;/q;;;;;+2/p-2. The fourth-order valence-corrected chi connectivity index (χ4v) is 32.8. The fourth-order valence-electron chi connectivity index (χ4n) is 8.76. The molecule has 3 aliphatic rings. The molecule has 0 aliphatic heterocycles. The number of hydrogen-bond acceptors (Lipinski definition) is 0. The van der Waals surface area contributed by atoms with Crippen LogP contribution in [0.3, 0.4) is 0 Å². The Labute approximate surface area is 279 Å². The van der Waals surface area contributed by atoms with Crippen molar-refractivity contribution in [1.29, 1.82) is 0 Å². The van der Waals surface area contributed by atoms with E-state index in [2.05, 4.69) is 133 Å². The van der Waals surface area contributed by atoms with Gasteiger partial charge in [0.25, 0.3) is 0 Å². The quantitative estimate of drug-likeness (QED) is 0.388. The molecule has 0 heterocycles. The molecule has 227 valence electrons. The van der Waals surface area contributed by atoms with E-state index >= 15 is 0 Å². The van der Waals surface area contributed by atoms with Gasteiger partial charge in [-0.15, -0.1) is 0 Å². The molecule has 0 aromatic heterocycles. The summed E-state index contributed by atoms with van der Waals surface area (Å²) in [5.41, 5.74) is 19.7. The molecular formula is C38H53Cl2SiZr. The SMILES string of the molecule is CC1=Cc2c(cc3c(c2-c2ccc(C(C)(C)C)cc2)C(C)(C)CC3(C)C)[CH]1[Zr+2]([CH]1C(C)=C(C)C(C)=C1C)[SiH](C)C.[Cl-].[Cl-]. The number of fused-ring (bicyclic) bond motifs is 2. The summed E-state index contributed by atoms with van der Waals surface area (Å²) in [6.45, 7) is 34.6. The molecule has 2 aromatic rings. The van der Waals surface area contributed by atoms with Crippen LogP contribution in [0, 0.1) is 0 Å². The van der Waals surface area contributed by atoms with Crippen molar-refractivity contribution < 1.29 is 45.7 Å². The third-order valence-electron chi connectivity index (χ3n) is 10.8. The minimum atomic E-state index is -1.98.